The standard InChI is InChI=1S/C27H34F6O2/c1-17-8-11-21(34)16-20(17)10-9-19-7-5-14-24(3)22(12-13-23(19)24)18(2)6-4-15-25(35,26(28,29)30)27(31,32)33/h4,9-10,12,15,18,21,23,34-35H,1,5-8,11,13-14,16H2,2-3H3/b15-4+,19-9+,20-10-/t18-,21-,23+,24-/m1/s1. The van der Waals surface area contributed by atoms with Gasteiger partial charge in [-0.3, -0.25) is 0 Å². The molecule has 3 aliphatic carbocycles. The van der Waals surface area contributed by atoms with E-state index in [-0.39, 0.29) is 35.9 Å². The first-order valence-corrected chi connectivity index (χ1v) is 12.1. The Bertz CT molecular complexity index is 922. The van der Waals surface area contributed by atoms with E-state index < -0.39 is 18.0 Å². The summed E-state index contributed by atoms with van der Waals surface area (Å²) in [5.74, 6) is -0.0449. The number of allylic oxidation sites excluding steroid dienone is 7. The van der Waals surface area contributed by atoms with Crippen LogP contribution in [-0.4, -0.2) is 34.3 Å². The highest BCUT2D eigenvalue weighted by molar-refractivity contribution is 5.38. The Morgan fingerprint density at radius 1 is 1.14 bits per heavy atom. The first-order chi connectivity index (χ1) is 16.1. The zero-order valence-electron chi connectivity index (χ0n) is 20.1. The van der Waals surface area contributed by atoms with Crippen molar-refractivity contribution in [3.05, 3.63) is 59.3 Å². The monoisotopic (exact) mass is 504 g/mol. The highest BCUT2D eigenvalue weighted by atomic mass is 19.4. The fourth-order valence-electron chi connectivity index (χ4n) is 5.93. The molecule has 8 heteroatoms. The normalized spacial score (nSPS) is 31.8. The number of halogens is 6. The average Bonchev–Trinajstić information content (AvgIpc) is 3.10. The SMILES string of the molecule is C=C1CC[C@@H](O)C/C1=C/C=C1\CCC[C@]2(C)C([C@H](C)C/C=C/C(O)(C(F)(F)F)C(F)(F)F)=CC[C@@H]12. The van der Waals surface area contributed by atoms with E-state index in [1.54, 1.807) is 6.92 Å². The molecular formula is C27H34F6O2. The predicted octanol–water partition coefficient (Wildman–Crippen LogP) is 7.51. The van der Waals surface area contributed by atoms with Crippen molar-refractivity contribution in [2.24, 2.45) is 17.3 Å². The van der Waals surface area contributed by atoms with Gasteiger partial charge >= 0.3 is 12.4 Å². The van der Waals surface area contributed by atoms with Gasteiger partial charge < -0.3 is 10.2 Å². The van der Waals surface area contributed by atoms with Crippen LogP contribution in [-0.2, 0) is 0 Å². The van der Waals surface area contributed by atoms with Gasteiger partial charge in [-0.25, -0.2) is 0 Å². The van der Waals surface area contributed by atoms with E-state index in [1.807, 2.05) is 6.08 Å². The third-order valence-corrected chi connectivity index (χ3v) is 8.04. The summed E-state index contributed by atoms with van der Waals surface area (Å²) in [6.45, 7) is 8.03. The lowest BCUT2D eigenvalue weighted by atomic mass is 9.62. The third-order valence-electron chi connectivity index (χ3n) is 8.04. The zero-order chi connectivity index (χ0) is 26.2. The van der Waals surface area contributed by atoms with Gasteiger partial charge in [-0.1, -0.05) is 61.4 Å². The molecule has 0 bridgehead atoms. The largest absolute Gasteiger partial charge is 0.429 e. The van der Waals surface area contributed by atoms with Crippen LogP contribution in [0.15, 0.2) is 59.3 Å². The summed E-state index contributed by atoms with van der Waals surface area (Å²) in [6, 6.07) is 0. The Labute approximate surface area is 202 Å². The quantitative estimate of drug-likeness (QED) is 0.300. The predicted molar refractivity (Wildman–Crippen MR) is 123 cm³/mol. The average molecular weight is 505 g/mol. The topological polar surface area (TPSA) is 40.5 Å². The molecule has 0 radical (unpaired) electrons. The number of alkyl halides is 6. The molecule has 2 fully saturated rings. The Morgan fingerprint density at radius 2 is 1.80 bits per heavy atom. The molecule has 0 aromatic carbocycles. The van der Waals surface area contributed by atoms with Crippen molar-refractivity contribution in [1.82, 2.24) is 0 Å². The molecule has 0 amide bonds. The molecule has 0 aliphatic heterocycles. The second kappa shape index (κ2) is 9.92. The lowest BCUT2D eigenvalue weighted by Gasteiger charge is -2.42. The van der Waals surface area contributed by atoms with E-state index in [9.17, 15) is 36.6 Å². The van der Waals surface area contributed by atoms with Gasteiger partial charge in [-0.2, -0.15) is 26.3 Å². The van der Waals surface area contributed by atoms with Crippen molar-refractivity contribution in [2.75, 3.05) is 0 Å². The Hall–Kier alpha value is -1.80. The Balaban J connectivity index is 1.75. The molecule has 2 N–H and O–H groups in total. The molecule has 2 saturated carbocycles. The van der Waals surface area contributed by atoms with E-state index >= 15 is 0 Å². The highest BCUT2D eigenvalue weighted by Crippen LogP contribution is 2.57. The molecule has 0 unspecified atom stereocenters. The van der Waals surface area contributed by atoms with Crippen LogP contribution in [0.25, 0.3) is 0 Å². The molecule has 0 spiro atoms. The number of rotatable bonds is 5. The van der Waals surface area contributed by atoms with Crippen molar-refractivity contribution in [1.29, 1.82) is 0 Å². The van der Waals surface area contributed by atoms with Crippen molar-refractivity contribution in [2.45, 2.75) is 89.3 Å². The first-order valence-electron chi connectivity index (χ1n) is 12.1. The zero-order valence-corrected chi connectivity index (χ0v) is 20.1. The molecule has 0 saturated heterocycles. The van der Waals surface area contributed by atoms with Crippen molar-refractivity contribution < 1.29 is 36.6 Å². The van der Waals surface area contributed by atoms with E-state index in [0.717, 1.165) is 61.3 Å². The Morgan fingerprint density at radius 3 is 2.43 bits per heavy atom. The fraction of sp³-hybridized carbons (Fsp3) is 0.630. The molecule has 0 heterocycles. The van der Waals surface area contributed by atoms with Gasteiger partial charge in [0.1, 0.15) is 0 Å². The number of hydrogen-bond donors (Lipinski definition) is 2. The minimum Gasteiger partial charge on any atom is -0.393 e. The first kappa shape index (κ1) is 27.8. The molecule has 196 valence electrons. The van der Waals surface area contributed by atoms with Gasteiger partial charge in [-0.05, 0) is 80.3 Å². The summed E-state index contributed by atoms with van der Waals surface area (Å²) in [5, 5.41) is 19.3. The molecule has 0 aromatic rings. The van der Waals surface area contributed by atoms with Crippen LogP contribution in [0.2, 0.25) is 0 Å². The number of aliphatic hydroxyl groups is 2. The van der Waals surface area contributed by atoms with Crippen LogP contribution >= 0.6 is 0 Å². The maximum atomic E-state index is 12.9. The molecule has 35 heavy (non-hydrogen) atoms. The molecule has 3 aliphatic rings. The van der Waals surface area contributed by atoms with E-state index in [2.05, 4.69) is 25.7 Å². The van der Waals surface area contributed by atoms with Crippen molar-refractivity contribution in [3.8, 4) is 0 Å². The number of aliphatic hydroxyl groups excluding tert-OH is 1. The highest BCUT2D eigenvalue weighted by Gasteiger charge is 2.68. The minimum atomic E-state index is -5.86. The van der Waals surface area contributed by atoms with E-state index in [0.29, 0.717) is 6.42 Å². The Kier molecular flexibility index (Phi) is 7.88. The van der Waals surface area contributed by atoms with Gasteiger partial charge in [0.2, 0.25) is 0 Å². The smallest absolute Gasteiger partial charge is 0.393 e. The van der Waals surface area contributed by atoms with Crippen molar-refractivity contribution in [3.63, 3.8) is 0 Å². The fourth-order valence-corrected chi connectivity index (χ4v) is 5.93. The van der Waals surface area contributed by atoms with Crippen molar-refractivity contribution >= 4 is 0 Å². The van der Waals surface area contributed by atoms with Gasteiger partial charge in [0.15, 0.2) is 0 Å². The summed E-state index contributed by atoms with van der Waals surface area (Å²) >= 11 is 0. The van der Waals surface area contributed by atoms with E-state index in [4.69, 9.17) is 0 Å². The summed E-state index contributed by atoms with van der Waals surface area (Å²) in [7, 11) is 0. The second-order valence-corrected chi connectivity index (χ2v) is 10.5. The van der Waals surface area contributed by atoms with Crippen LogP contribution < -0.4 is 0 Å². The van der Waals surface area contributed by atoms with Gasteiger partial charge in [0.25, 0.3) is 5.60 Å². The van der Waals surface area contributed by atoms with Crippen LogP contribution in [0.1, 0.15) is 65.2 Å². The molecule has 3 rings (SSSR count). The van der Waals surface area contributed by atoms with Crippen LogP contribution in [0.5, 0.6) is 0 Å². The second-order valence-electron chi connectivity index (χ2n) is 10.5. The minimum absolute atomic E-state index is 0.0383. The number of hydrogen-bond acceptors (Lipinski definition) is 2. The summed E-state index contributed by atoms with van der Waals surface area (Å²) in [6.07, 6.45) is 0.380. The molecule has 0 aromatic heterocycles. The van der Waals surface area contributed by atoms with Crippen LogP contribution in [0, 0.1) is 17.3 Å². The maximum Gasteiger partial charge on any atom is 0.429 e. The molecule has 2 nitrogen and oxygen atoms in total. The molecular weight excluding hydrogens is 470 g/mol. The summed E-state index contributed by atoms with van der Waals surface area (Å²) in [5.41, 5.74) is -0.670. The van der Waals surface area contributed by atoms with Crippen LogP contribution in [0.3, 0.4) is 0 Å². The summed E-state index contributed by atoms with van der Waals surface area (Å²) < 4.78 is 77.6. The third kappa shape index (κ3) is 5.48. The number of fused-ring (bicyclic) bond motifs is 1. The summed E-state index contributed by atoms with van der Waals surface area (Å²) in [4.78, 5) is 0. The molecule has 4 atom stereocenters. The van der Waals surface area contributed by atoms with Gasteiger partial charge in [0.05, 0.1) is 6.10 Å². The van der Waals surface area contributed by atoms with Crippen LogP contribution in [0.4, 0.5) is 26.3 Å². The van der Waals surface area contributed by atoms with Gasteiger partial charge in [-0.15, -0.1) is 0 Å². The lowest BCUT2D eigenvalue weighted by Crippen LogP contribution is -2.55. The lowest BCUT2D eigenvalue weighted by molar-refractivity contribution is -0.347. The van der Waals surface area contributed by atoms with E-state index in [1.165, 1.54) is 5.57 Å². The maximum absolute atomic E-state index is 12.9. The van der Waals surface area contributed by atoms with Gasteiger partial charge in [0, 0.05) is 0 Å².